The Morgan fingerprint density at radius 3 is 3.06 bits per heavy atom. The molecule has 2 heterocycles. The summed E-state index contributed by atoms with van der Waals surface area (Å²) in [4.78, 5) is 6.90. The van der Waals surface area contributed by atoms with Crippen molar-refractivity contribution in [3.63, 3.8) is 0 Å². The van der Waals surface area contributed by atoms with Gasteiger partial charge in [0.1, 0.15) is 5.52 Å². The summed E-state index contributed by atoms with van der Waals surface area (Å²) in [7, 11) is 0. The third-order valence-electron chi connectivity index (χ3n) is 3.17. The molecule has 2 aromatic rings. The molecule has 0 atom stereocenters. The highest BCUT2D eigenvalue weighted by Crippen LogP contribution is 2.32. The topological polar surface area (TPSA) is 59.5 Å². The average molecular weight is 231 g/mol. The van der Waals surface area contributed by atoms with Gasteiger partial charge in [-0.15, -0.1) is 0 Å². The molecular formula is C12H17N5. The Morgan fingerprint density at radius 2 is 2.29 bits per heavy atom. The first-order valence-electron chi connectivity index (χ1n) is 6.15. The number of hydrogen-bond acceptors (Lipinski definition) is 4. The van der Waals surface area contributed by atoms with E-state index in [0.717, 1.165) is 30.8 Å². The van der Waals surface area contributed by atoms with Gasteiger partial charge in [-0.25, -0.2) is 9.50 Å². The molecule has 2 N–H and O–H groups in total. The molecule has 0 amide bonds. The number of nitrogens with two attached hydrogens (primary N) is 1. The van der Waals surface area contributed by atoms with Crippen LogP contribution >= 0.6 is 0 Å². The van der Waals surface area contributed by atoms with Gasteiger partial charge in [0.05, 0.1) is 6.20 Å². The minimum atomic E-state index is 0.648. The molecule has 1 saturated carbocycles. The monoisotopic (exact) mass is 231 g/mol. The van der Waals surface area contributed by atoms with Crippen LogP contribution in [0.25, 0.3) is 5.52 Å². The molecule has 2 aromatic heterocycles. The summed E-state index contributed by atoms with van der Waals surface area (Å²) in [6.07, 6.45) is 9.05. The summed E-state index contributed by atoms with van der Waals surface area (Å²) >= 11 is 0. The van der Waals surface area contributed by atoms with Crippen LogP contribution in [-0.2, 0) is 0 Å². The second-order valence-corrected chi connectivity index (χ2v) is 4.48. The summed E-state index contributed by atoms with van der Waals surface area (Å²) in [5.41, 5.74) is 6.68. The van der Waals surface area contributed by atoms with Crippen LogP contribution < -0.4 is 10.6 Å². The van der Waals surface area contributed by atoms with Crippen molar-refractivity contribution in [3.05, 3.63) is 24.7 Å². The van der Waals surface area contributed by atoms with E-state index in [1.165, 1.54) is 12.8 Å². The zero-order valence-corrected chi connectivity index (χ0v) is 9.79. The lowest BCUT2D eigenvalue weighted by Crippen LogP contribution is -2.29. The van der Waals surface area contributed by atoms with Crippen LogP contribution in [-0.4, -0.2) is 33.7 Å². The first-order valence-corrected chi connectivity index (χ1v) is 6.15. The number of fused-ring (bicyclic) bond motifs is 1. The van der Waals surface area contributed by atoms with Gasteiger partial charge in [-0.05, 0) is 31.9 Å². The minimum Gasteiger partial charge on any atom is -0.352 e. The van der Waals surface area contributed by atoms with Gasteiger partial charge in [-0.3, -0.25) is 0 Å². The van der Waals surface area contributed by atoms with Crippen molar-refractivity contribution in [1.29, 1.82) is 0 Å². The third kappa shape index (κ3) is 1.98. The molecule has 0 bridgehead atoms. The molecule has 5 nitrogen and oxygen atoms in total. The molecule has 0 radical (unpaired) electrons. The highest BCUT2D eigenvalue weighted by Gasteiger charge is 2.30. The molecule has 0 saturated heterocycles. The SMILES string of the molecule is NCCCN(c1nccn2nccc12)C1CC1. The normalized spacial score (nSPS) is 15.4. The minimum absolute atomic E-state index is 0.648. The number of hydrogen-bond donors (Lipinski definition) is 1. The van der Waals surface area contributed by atoms with E-state index in [9.17, 15) is 0 Å². The van der Waals surface area contributed by atoms with Crippen LogP contribution in [0.4, 0.5) is 5.82 Å². The van der Waals surface area contributed by atoms with Gasteiger partial charge < -0.3 is 10.6 Å². The third-order valence-corrected chi connectivity index (χ3v) is 3.17. The van der Waals surface area contributed by atoms with Crippen molar-refractivity contribution in [2.75, 3.05) is 18.0 Å². The first kappa shape index (κ1) is 10.5. The fraction of sp³-hybridized carbons (Fsp3) is 0.500. The van der Waals surface area contributed by atoms with Crippen molar-refractivity contribution in [2.45, 2.75) is 25.3 Å². The maximum atomic E-state index is 5.60. The van der Waals surface area contributed by atoms with E-state index < -0.39 is 0 Å². The molecule has 0 aromatic carbocycles. The largest absolute Gasteiger partial charge is 0.352 e. The van der Waals surface area contributed by atoms with Crippen LogP contribution in [0.3, 0.4) is 0 Å². The van der Waals surface area contributed by atoms with Gasteiger partial charge in [0.2, 0.25) is 0 Å². The number of rotatable bonds is 5. The van der Waals surface area contributed by atoms with E-state index >= 15 is 0 Å². The fourth-order valence-electron chi connectivity index (χ4n) is 2.17. The number of anilines is 1. The van der Waals surface area contributed by atoms with Crippen LogP contribution in [0.5, 0.6) is 0 Å². The highest BCUT2D eigenvalue weighted by molar-refractivity contribution is 5.69. The second kappa shape index (κ2) is 4.33. The van der Waals surface area contributed by atoms with E-state index in [4.69, 9.17) is 5.73 Å². The van der Waals surface area contributed by atoms with Crippen molar-refractivity contribution in [3.8, 4) is 0 Å². The summed E-state index contributed by atoms with van der Waals surface area (Å²) in [5.74, 6) is 1.04. The molecule has 0 unspecified atom stereocenters. The van der Waals surface area contributed by atoms with E-state index in [2.05, 4.69) is 15.0 Å². The molecule has 1 aliphatic carbocycles. The Morgan fingerprint density at radius 1 is 1.41 bits per heavy atom. The zero-order chi connectivity index (χ0) is 11.7. The van der Waals surface area contributed by atoms with Crippen LogP contribution in [0.1, 0.15) is 19.3 Å². The lowest BCUT2D eigenvalue weighted by molar-refractivity contribution is 0.722. The van der Waals surface area contributed by atoms with Gasteiger partial charge in [0, 0.05) is 25.0 Å². The van der Waals surface area contributed by atoms with E-state index in [0.29, 0.717) is 6.04 Å². The number of aromatic nitrogens is 3. The Hall–Kier alpha value is -1.62. The Labute approximate surface area is 100 Å². The first-order chi connectivity index (χ1) is 8.40. The quantitative estimate of drug-likeness (QED) is 0.835. The van der Waals surface area contributed by atoms with Gasteiger partial charge >= 0.3 is 0 Å². The molecule has 3 rings (SSSR count). The lowest BCUT2D eigenvalue weighted by Gasteiger charge is -2.23. The van der Waals surface area contributed by atoms with Crippen LogP contribution in [0, 0.1) is 0 Å². The molecule has 0 aliphatic heterocycles. The Bertz CT molecular complexity index is 502. The molecule has 17 heavy (non-hydrogen) atoms. The zero-order valence-electron chi connectivity index (χ0n) is 9.79. The van der Waals surface area contributed by atoms with E-state index in [1.807, 2.05) is 29.2 Å². The summed E-state index contributed by atoms with van der Waals surface area (Å²) < 4.78 is 1.88. The maximum absolute atomic E-state index is 5.60. The van der Waals surface area contributed by atoms with Gasteiger partial charge in [-0.1, -0.05) is 0 Å². The van der Waals surface area contributed by atoms with Crippen LogP contribution in [0.2, 0.25) is 0 Å². The van der Waals surface area contributed by atoms with Crippen molar-refractivity contribution in [1.82, 2.24) is 14.6 Å². The predicted molar refractivity (Wildman–Crippen MR) is 67.0 cm³/mol. The average Bonchev–Trinajstić information content (AvgIpc) is 3.07. The molecular weight excluding hydrogens is 214 g/mol. The van der Waals surface area contributed by atoms with Gasteiger partial charge in [0.25, 0.3) is 0 Å². The van der Waals surface area contributed by atoms with Gasteiger partial charge in [0.15, 0.2) is 5.82 Å². The van der Waals surface area contributed by atoms with Gasteiger partial charge in [-0.2, -0.15) is 5.10 Å². The standard InChI is InChI=1S/C12H17N5/c13-5-1-8-16(10-2-3-10)12-11-4-6-15-17(11)9-7-14-12/h4,6-7,9-10H,1-3,5,8,13H2. The highest BCUT2D eigenvalue weighted by atomic mass is 15.3. The molecule has 1 aliphatic rings. The van der Waals surface area contributed by atoms with Crippen molar-refractivity contribution >= 4 is 11.3 Å². The summed E-state index contributed by atoms with van der Waals surface area (Å²) in [5, 5.41) is 4.25. The smallest absolute Gasteiger partial charge is 0.154 e. The molecule has 90 valence electrons. The Kier molecular flexibility index (Phi) is 2.68. The van der Waals surface area contributed by atoms with Crippen LogP contribution in [0.15, 0.2) is 24.7 Å². The Balaban J connectivity index is 1.96. The van der Waals surface area contributed by atoms with Crippen molar-refractivity contribution < 1.29 is 0 Å². The van der Waals surface area contributed by atoms with E-state index in [-0.39, 0.29) is 0 Å². The summed E-state index contributed by atoms with van der Waals surface area (Å²) in [6.45, 7) is 1.71. The van der Waals surface area contributed by atoms with Crippen molar-refractivity contribution in [2.24, 2.45) is 5.73 Å². The molecule has 5 heteroatoms. The molecule has 1 fully saturated rings. The summed E-state index contributed by atoms with van der Waals surface area (Å²) in [6, 6.07) is 2.66. The fourth-order valence-corrected chi connectivity index (χ4v) is 2.17. The number of nitrogens with zero attached hydrogens (tertiary/aromatic N) is 4. The molecule has 0 spiro atoms. The maximum Gasteiger partial charge on any atom is 0.154 e. The lowest BCUT2D eigenvalue weighted by atomic mass is 10.3. The predicted octanol–water partition coefficient (Wildman–Crippen LogP) is 1.05. The van der Waals surface area contributed by atoms with E-state index in [1.54, 1.807) is 0 Å². The second-order valence-electron chi connectivity index (χ2n) is 4.48.